The summed E-state index contributed by atoms with van der Waals surface area (Å²) in [6, 6.07) is 0. The average molecular weight is 265 g/mol. The molecule has 2 aromatic heterocycles. The van der Waals surface area contributed by atoms with Gasteiger partial charge < -0.3 is 9.30 Å². The smallest absolute Gasteiger partial charge is 0.357 e. The Kier molecular flexibility index (Phi) is 4.09. The van der Waals surface area contributed by atoms with Gasteiger partial charge in [-0.2, -0.15) is 0 Å². The van der Waals surface area contributed by atoms with Crippen LogP contribution in [0.5, 0.6) is 0 Å². The standard InChI is InChI=1S/C12H15N3O2S/c1-3-5-15-8-13-6-10(15)11-14-9(7-18-11)12(16)17-4-2/h6-8H,3-5H2,1-2H3. The second kappa shape index (κ2) is 5.77. The zero-order valence-electron chi connectivity index (χ0n) is 10.4. The summed E-state index contributed by atoms with van der Waals surface area (Å²) in [6.45, 7) is 5.14. The van der Waals surface area contributed by atoms with Crippen LogP contribution < -0.4 is 0 Å². The monoisotopic (exact) mass is 265 g/mol. The zero-order valence-corrected chi connectivity index (χ0v) is 11.2. The number of esters is 1. The Morgan fingerprint density at radius 2 is 2.33 bits per heavy atom. The van der Waals surface area contributed by atoms with Crippen molar-refractivity contribution in [3.63, 3.8) is 0 Å². The largest absolute Gasteiger partial charge is 0.461 e. The normalized spacial score (nSPS) is 10.6. The maximum Gasteiger partial charge on any atom is 0.357 e. The van der Waals surface area contributed by atoms with Crippen LogP contribution in [0, 0.1) is 0 Å². The van der Waals surface area contributed by atoms with E-state index in [1.54, 1.807) is 24.8 Å². The molecule has 0 saturated heterocycles. The summed E-state index contributed by atoms with van der Waals surface area (Å²) in [5, 5.41) is 2.51. The van der Waals surface area contributed by atoms with Gasteiger partial charge in [-0.05, 0) is 13.3 Å². The molecule has 0 aliphatic rings. The number of ether oxygens (including phenoxy) is 1. The van der Waals surface area contributed by atoms with E-state index in [9.17, 15) is 4.79 Å². The fourth-order valence-electron chi connectivity index (χ4n) is 1.61. The van der Waals surface area contributed by atoms with Gasteiger partial charge in [-0.25, -0.2) is 14.8 Å². The molecule has 2 aromatic rings. The van der Waals surface area contributed by atoms with Crippen molar-refractivity contribution in [3.8, 4) is 10.7 Å². The maximum absolute atomic E-state index is 11.5. The number of hydrogen-bond acceptors (Lipinski definition) is 5. The molecule has 2 rings (SSSR count). The molecule has 0 aliphatic carbocycles. The number of hydrogen-bond donors (Lipinski definition) is 0. The first kappa shape index (κ1) is 12.8. The Hall–Kier alpha value is -1.69. The molecule has 18 heavy (non-hydrogen) atoms. The lowest BCUT2D eigenvalue weighted by atomic mass is 10.4. The summed E-state index contributed by atoms with van der Waals surface area (Å²) < 4.78 is 6.95. The van der Waals surface area contributed by atoms with Crippen LogP contribution in [0.1, 0.15) is 30.8 Å². The molecule has 0 radical (unpaired) electrons. The molecule has 0 aromatic carbocycles. The molecule has 96 valence electrons. The minimum atomic E-state index is -0.374. The van der Waals surface area contributed by atoms with Gasteiger partial charge in [-0.15, -0.1) is 11.3 Å². The first-order valence-corrected chi connectivity index (χ1v) is 6.77. The molecular weight excluding hydrogens is 250 g/mol. The highest BCUT2D eigenvalue weighted by atomic mass is 32.1. The van der Waals surface area contributed by atoms with Crippen molar-refractivity contribution in [2.75, 3.05) is 6.61 Å². The van der Waals surface area contributed by atoms with Gasteiger partial charge in [0.25, 0.3) is 0 Å². The Labute approximate surface area is 109 Å². The number of thiazole rings is 1. The predicted molar refractivity (Wildman–Crippen MR) is 69.6 cm³/mol. The molecule has 0 spiro atoms. The van der Waals surface area contributed by atoms with Crippen LogP contribution in [-0.2, 0) is 11.3 Å². The van der Waals surface area contributed by atoms with Crippen LogP contribution in [0.2, 0.25) is 0 Å². The van der Waals surface area contributed by atoms with Gasteiger partial charge in [0, 0.05) is 11.9 Å². The lowest BCUT2D eigenvalue weighted by molar-refractivity contribution is 0.0520. The van der Waals surface area contributed by atoms with Gasteiger partial charge >= 0.3 is 5.97 Å². The molecule has 0 atom stereocenters. The van der Waals surface area contributed by atoms with Crippen LogP contribution in [0.3, 0.4) is 0 Å². The molecule has 0 aliphatic heterocycles. The number of carbonyl (C=O) groups excluding carboxylic acids is 1. The highest BCUT2D eigenvalue weighted by Crippen LogP contribution is 2.24. The van der Waals surface area contributed by atoms with Crippen LogP contribution in [0.4, 0.5) is 0 Å². The molecule has 2 heterocycles. The summed E-state index contributed by atoms with van der Waals surface area (Å²) in [7, 11) is 0. The van der Waals surface area contributed by atoms with E-state index in [0.717, 1.165) is 23.7 Å². The van der Waals surface area contributed by atoms with Crippen LogP contribution in [0.15, 0.2) is 17.9 Å². The van der Waals surface area contributed by atoms with Crippen molar-refractivity contribution in [2.24, 2.45) is 0 Å². The molecule has 0 amide bonds. The summed E-state index contributed by atoms with van der Waals surface area (Å²) in [5.74, 6) is -0.374. The first-order chi connectivity index (χ1) is 8.76. The van der Waals surface area contributed by atoms with E-state index < -0.39 is 0 Å². The molecule has 0 unspecified atom stereocenters. The van der Waals surface area contributed by atoms with Crippen molar-refractivity contribution in [1.82, 2.24) is 14.5 Å². The van der Waals surface area contributed by atoms with E-state index in [-0.39, 0.29) is 5.97 Å². The number of nitrogens with zero attached hydrogens (tertiary/aromatic N) is 3. The number of aryl methyl sites for hydroxylation is 1. The number of imidazole rings is 1. The zero-order chi connectivity index (χ0) is 13.0. The third kappa shape index (κ3) is 2.59. The number of rotatable bonds is 5. The number of carbonyl (C=O) groups is 1. The SMILES string of the molecule is CCCn1cncc1-c1nc(C(=O)OCC)cs1. The predicted octanol–water partition coefficient (Wildman–Crippen LogP) is 2.59. The summed E-state index contributed by atoms with van der Waals surface area (Å²) in [5.41, 5.74) is 1.30. The molecule has 5 nitrogen and oxygen atoms in total. The van der Waals surface area contributed by atoms with Crippen molar-refractivity contribution in [1.29, 1.82) is 0 Å². The maximum atomic E-state index is 11.5. The summed E-state index contributed by atoms with van der Waals surface area (Å²) in [4.78, 5) is 20.0. The van der Waals surface area contributed by atoms with Gasteiger partial charge in [0.1, 0.15) is 5.01 Å². The molecule has 0 bridgehead atoms. The van der Waals surface area contributed by atoms with Crippen molar-refractivity contribution in [3.05, 3.63) is 23.6 Å². The fraction of sp³-hybridized carbons (Fsp3) is 0.417. The van der Waals surface area contributed by atoms with Crippen LogP contribution in [-0.4, -0.2) is 27.1 Å². The van der Waals surface area contributed by atoms with Gasteiger partial charge in [0.15, 0.2) is 5.69 Å². The first-order valence-electron chi connectivity index (χ1n) is 5.89. The second-order valence-corrected chi connectivity index (χ2v) is 4.59. The van der Waals surface area contributed by atoms with Crippen molar-refractivity contribution >= 4 is 17.3 Å². The highest BCUT2D eigenvalue weighted by molar-refractivity contribution is 7.13. The van der Waals surface area contributed by atoms with Crippen molar-refractivity contribution < 1.29 is 9.53 Å². The van der Waals surface area contributed by atoms with Gasteiger partial charge in [0.05, 0.1) is 24.8 Å². The fourth-order valence-corrected chi connectivity index (χ4v) is 2.42. The quantitative estimate of drug-likeness (QED) is 0.780. The van der Waals surface area contributed by atoms with E-state index in [1.807, 2.05) is 4.57 Å². The lowest BCUT2D eigenvalue weighted by Crippen LogP contribution is -2.05. The minimum absolute atomic E-state index is 0.361. The second-order valence-electron chi connectivity index (χ2n) is 3.73. The Bertz CT molecular complexity index is 533. The van der Waals surface area contributed by atoms with E-state index in [2.05, 4.69) is 16.9 Å². The Balaban J connectivity index is 2.23. The molecule has 6 heteroatoms. The van der Waals surface area contributed by atoms with E-state index in [1.165, 1.54) is 11.3 Å². The average Bonchev–Trinajstić information content (AvgIpc) is 2.97. The van der Waals surface area contributed by atoms with E-state index in [0.29, 0.717) is 12.3 Å². The van der Waals surface area contributed by atoms with Crippen LogP contribution >= 0.6 is 11.3 Å². The Morgan fingerprint density at radius 3 is 3.06 bits per heavy atom. The molecule has 0 fully saturated rings. The van der Waals surface area contributed by atoms with E-state index >= 15 is 0 Å². The number of aromatic nitrogens is 3. The topological polar surface area (TPSA) is 57.0 Å². The minimum Gasteiger partial charge on any atom is -0.461 e. The molecule has 0 N–H and O–H groups in total. The summed E-state index contributed by atoms with van der Waals surface area (Å²) in [6.07, 6.45) is 4.58. The Morgan fingerprint density at radius 1 is 1.50 bits per heavy atom. The van der Waals surface area contributed by atoms with E-state index in [4.69, 9.17) is 4.74 Å². The third-order valence-electron chi connectivity index (χ3n) is 2.38. The van der Waals surface area contributed by atoms with Crippen LogP contribution in [0.25, 0.3) is 10.7 Å². The van der Waals surface area contributed by atoms with Crippen molar-refractivity contribution in [2.45, 2.75) is 26.8 Å². The van der Waals surface area contributed by atoms with Gasteiger partial charge in [-0.1, -0.05) is 6.92 Å². The van der Waals surface area contributed by atoms with Gasteiger partial charge in [-0.3, -0.25) is 0 Å². The third-order valence-corrected chi connectivity index (χ3v) is 3.25. The summed E-state index contributed by atoms with van der Waals surface area (Å²) >= 11 is 1.43. The highest BCUT2D eigenvalue weighted by Gasteiger charge is 2.14. The molecule has 0 saturated carbocycles. The molecular formula is C12H15N3O2S. The van der Waals surface area contributed by atoms with Gasteiger partial charge in [0.2, 0.25) is 0 Å². The lowest BCUT2D eigenvalue weighted by Gasteiger charge is -2.02.